The minimum Gasteiger partial charge on any atom is -0.286 e. The summed E-state index contributed by atoms with van der Waals surface area (Å²) >= 11 is 7.80. The van der Waals surface area contributed by atoms with Gasteiger partial charge in [-0.2, -0.15) is 0 Å². The Kier molecular flexibility index (Phi) is 9.26. The third-order valence-corrected chi connectivity index (χ3v) is 12.9. The molecule has 8 atom stereocenters. The fourth-order valence-electron chi connectivity index (χ4n) is 8.89. The lowest BCUT2D eigenvalue weighted by atomic mass is 9.47. The van der Waals surface area contributed by atoms with Crippen molar-refractivity contribution in [2.75, 3.05) is 0 Å². The zero-order valence-corrected chi connectivity index (χ0v) is 24.1. The first-order chi connectivity index (χ1) is 16.3. The van der Waals surface area contributed by atoms with Crippen LogP contribution in [0.2, 0.25) is 0 Å². The highest BCUT2D eigenvalue weighted by Crippen LogP contribution is 2.67. The number of carbonyl (C=O) groups excluding carboxylic acids is 1. The van der Waals surface area contributed by atoms with E-state index < -0.39 is 0 Å². The maximum atomic E-state index is 12.5. The van der Waals surface area contributed by atoms with Crippen LogP contribution in [-0.4, -0.2) is 15.7 Å². The van der Waals surface area contributed by atoms with Gasteiger partial charge < -0.3 is 0 Å². The van der Waals surface area contributed by atoms with Gasteiger partial charge in [0, 0.05) is 5.25 Å². The van der Waals surface area contributed by atoms with E-state index in [4.69, 9.17) is 11.6 Å². The third kappa shape index (κ3) is 5.34. The molecular weight excluding hydrogens is 456 g/mol. The van der Waals surface area contributed by atoms with Gasteiger partial charge in [0.05, 0.1) is 0 Å². The van der Waals surface area contributed by atoms with Crippen molar-refractivity contribution in [1.82, 2.24) is 0 Å². The van der Waals surface area contributed by atoms with Gasteiger partial charge in [0.1, 0.15) is 5.38 Å². The van der Waals surface area contributed by atoms with Crippen molar-refractivity contribution < 1.29 is 4.79 Å². The standard InChI is InChI=1S/C31H51ClOS/c1-5-7-8-9-10-11-12-22-14-16-26-25-15-13-23-21-24(34-29(33)28(32)6-2)17-19-31(23,4)27(25)18-20-30(22,26)3/h13,22,24-28H,5-12,14-21H2,1-4H3/t22?,24-,25?,26?,27?,28?,30+,31-/m0/s1. The summed E-state index contributed by atoms with van der Waals surface area (Å²) in [4.78, 5) is 12.5. The number of allylic oxidation sites excluding steroid dienone is 2. The van der Waals surface area contributed by atoms with Crippen LogP contribution in [0.4, 0.5) is 0 Å². The van der Waals surface area contributed by atoms with E-state index in [1.807, 2.05) is 6.92 Å². The second-order valence-corrected chi connectivity index (χ2v) is 14.6. The Morgan fingerprint density at radius 1 is 1.03 bits per heavy atom. The SMILES string of the molecule is CCCCCCCCC1CCC2C3CC=C4C[C@@H](SC(=O)C(Cl)CC)CC[C@]4(C)C3CC[C@]12C. The minimum atomic E-state index is -0.314. The minimum absolute atomic E-state index is 0.197. The maximum Gasteiger partial charge on any atom is 0.207 e. The predicted molar refractivity (Wildman–Crippen MR) is 150 cm³/mol. The van der Waals surface area contributed by atoms with E-state index in [9.17, 15) is 4.79 Å². The summed E-state index contributed by atoms with van der Waals surface area (Å²) in [5, 5.41) is 0.326. The number of thioether (sulfide) groups is 1. The van der Waals surface area contributed by atoms with E-state index in [0.29, 0.717) is 16.1 Å². The van der Waals surface area contributed by atoms with Gasteiger partial charge in [-0.05, 0) is 98.7 Å². The Hall–Kier alpha value is 0.0500. The highest BCUT2D eigenvalue weighted by molar-refractivity contribution is 8.14. The van der Waals surface area contributed by atoms with Gasteiger partial charge in [-0.3, -0.25) is 4.79 Å². The summed E-state index contributed by atoms with van der Waals surface area (Å²) in [6.07, 6.45) is 24.2. The zero-order valence-electron chi connectivity index (χ0n) is 22.5. The molecule has 0 aromatic carbocycles. The molecule has 0 aromatic heterocycles. The average molecular weight is 507 g/mol. The van der Waals surface area contributed by atoms with Crippen molar-refractivity contribution in [2.45, 2.75) is 141 Å². The van der Waals surface area contributed by atoms with Crippen LogP contribution >= 0.6 is 23.4 Å². The van der Waals surface area contributed by atoms with Crippen molar-refractivity contribution in [3.05, 3.63) is 11.6 Å². The van der Waals surface area contributed by atoms with Crippen molar-refractivity contribution in [3.8, 4) is 0 Å². The molecule has 34 heavy (non-hydrogen) atoms. The highest BCUT2D eigenvalue weighted by atomic mass is 35.5. The number of hydrogen-bond acceptors (Lipinski definition) is 2. The molecule has 5 unspecified atom stereocenters. The summed E-state index contributed by atoms with van der Waals surface area (Å²) < 4.78 is 0. The number of carbonyl (C=O) groups is 1. The van der Waals surface area contributed by atoms with Gasteiger partial charge in [-0.1, -0.05) is 89.6 Å². The van der Waals surface area contributed by atoms with E-state index in [1.54, 1.807) is 17.3 Å². The van der Waals surface area contributed by atoms with E-state index >= 15 is 0 Å². The lowest BCUT2D eigenvalue weighted by molar-refractivity contribution is -0.110. The van der Waals surface area contributed by atoms with Gasteiger partial charge >= 0.3 is 0 Å². The second-order valence-electron chi connectivity index (χ2n) is 12.8. The van der Waals surface area contributed by atoms with E-state index in [0.717, 1.165) is 36.5 Å². The van der Waals surface area contributed by atoms with Crippen molar-refractivity contribution in [1.29, 1.82) is 0 Å². The van der Waals surface area contributed by atoms with E-state index in [1.165, 1.54) is 89.9 Å². The van der Waals surface area contributed by atoms with Crippen LogP contribution in [0.5, 0.6) is 0 Å². The first-order valence-electron chi connectivity index (χ1n) is 14.9. The first-order valence-corrected chi connectivity index (χ1v) is 16.2. The number of hydrogen-bond donors (Lipinski definition) is 0. The molecule has 4 aliphatic rings. The normalized spacial score (nSPS) is 40.1. The summed E-state index contributed by atoms with van der Waals surface area (Å²) in [5.74, 6) is 3.70. The molecular formula is C31H51ClOS. The zero-order chi connectivity index (χ0) is 24.3. The van der Waals surface area contributed by atoms with Gasteiger partial charge in [0.2, 0.25) is 5.12 Å². The molecule has 4 aliphatic carbocycles. The summed E-state index contributed by atoms with van der Waals surface area (Å²) in [5.41, 5.74) is 2.67. The van der Waals surface area contributed by atoms with Gasteiger partial charge in [-0.15, -0.1) is 11.6 Å². The maximum absolute atomic E-state index is 12.5. The molecule has 3 fully saturated rings. The number of unbranched alkanes of at least 4 members (excludes halogenated alkanes) is 5. The van der Waals surface area contributed by atoms with Crippen LogP contribution < -0.4 is 0 Å². The molecule has 0 bridgehead atoms. The summed E-state index contributed by atoms with van der Waals surface area (Å²) in [6.45, 7) is 9.62. The third-order valence-electron chi connectivity index (χ3n) is 11.1. The van der Waals surface area contributed by atoms with Crippen molar-refractivity contribution in [2.24, 2.45) is 34.5 Å². The largest absolute Gasteiger partial charge is 0.286 e. The molecule has 0 saturated heterocycles. The molecule has 3 heteroatoms. The van der Waals surface area contributed by atoms with Crippen molar-refractivity contribution in [3.63, 3.8) is 0 Å². The lowest BCUT2D eigenvalue weighted by Crippen LogP contribution is -2.50. The molecule has 3 saturated carbocycles. The van der Waals surface area contributed by atoms with Crippen LogP contribution in [0.25, 0.3) is 0 Å². The molecule has 1 nitrogen and oxygen atoms in total. The monoisotopic (exact) mass is 506 g/mol. The van der Waals surface area contributed by atoms with Crippen molar-refractivity contribution >= 4 is 28.5 Å². The topological polar surface area (TPSA) is 17.1 Å². The number of fused-ring (bicyclic) bond motifs is 5. The first kappa shape index (κ1) is 27.1. The quantitative estimate of drug-likeness (QED) is 0.166. The van der Waals surface area contributed by atoms with Crippen LogP contribution in [0.1, 0.15) is 130 Å². The molecule has 0 aliphatic heterocycles. The fourth-order valence-corrected chi connectivity index (χ4v) is 10.2. The predicted octanol–water partition coefficient (Wildman–Crippen LogP) is 9.96. The molecule has 0 heterocycles. The molecule has 194 valence electrons. The summed E-state index contributed by atoms with van der Waals surface area (Å²) in [6, 6.07) is 0. The Morgan fingerprint density at radius 2 is 1.79 bits per heavy atom. The van der Waals surface area contributed by atoms with E-state index in [2.05, 4.69) is 26.8 Å². The number of alkyl halides is 1. The van der Waals surface area contributed by atoms with Gasteiger partial charge in [0.15, 0.2) is 0 Å². The Bertz CT molecular complexity index is 733. The Labute approximate surface area is 220 Å². The molecule has 0 N–H and O–H groups in total. The average Bonchev–Trinajstić information content (AvgIpc) is 3.17. The van der Waals surface area contributed by atoms with Crippen LogP contribution in [-0.2, 0) is 4.79 Å². The smallest absolute Gasteiger partial charge is 0.207 e. The number of halogens is 1. The molecule has 0 aromatic rings. The van der Waals surface area contributed by atoms with E-state index in [-0.39, 0.29) is 10.5 Å². The lowest BCUT2D eigenvalue weighted by Gasteiger charge is -2.58. The molecule has 0 amide bonds. The Balaban J connectivity index is 1.37. The highest BCUT2D eigenvalue weighted by Gasteiger charge is 2.58. The number of rotatable bonds is 10. The summed E-state index contributed by atoms with van der Waals surface area (Å²) in [7, 11) is 0. The van der Waals surface area contributed by atoms with Crippen LogP contribution in [0, 0.1) is 34.5 Å². The molecule has 4 rings (SSSR count). The van der Waals surface area contributed by atoms with Crippen LogP contribution in [0.15, 0.2) is 11.6 Å². The van der Waals surface area contributed by atoms with Crippen LogP contribution in [0.3, 0.4) is 0 Å². The molecule has 0 radical (unpaired) electrons. The fraction of sp³-hybridized carbons (Fsp3) is 0.903. The second kappa shape index (κ2) is 11.6. The van der Waals surface area contributed by atoms with Gasteiger partial charge in [-0.25, -0.2) is 0 Å². The molecule has 0 spiro atoms. The van der Waals surface area contributed by atoms with Gasteiger partial charge in [0.25, 0.3) is 0 Å². The Morgan fingerprint density at radius 3 is 2.56 bits per heavy atom.